The van der Waals surface area contributed by atoms with Crippen LogP contribution in [0.1, 0.15) is 22.3 Å². The second-order valence-corrected chi connectivity index (χ2v) is 11.9. The van der Waals surface area contributed by atoms with E-state index in [1.807, 2.05) is 115 Å². The van der Waals surface area contributed by atoms with Crippen LogP contribution in [0.4, 0.5) is 0 Å². The summed E-state index contributed by atoms with van der Waals surface area (Å²) >= 11 is 3.51. The van der Waals surface area contributed by atoms with Crippen molar-refractivity contribution in [2.75, 3.05) is 6.61 Å². The smallest absolute Gasteiger partial charge is 0.115 e. The minimum atomic E-state index is -0.793. The van der Waals surface area contributed by atoms with Gasteiger partial charge in [0.15, 0.2) is 0 Å². The molecule has 0 bridgehead atoms. The van der Waals surface area contributed by atoms with Gasteiger partial charge in [-0.05, 0) is 39.9 Å². The molecule has 0 amide bonds. The maximum absolute atomic E-state index is 9.84. The maximum Gasteiger partial charge on any atom is 0.115 e. The van der Waals surface area contributed by atoms with E-state index >= 15 is 0 Å². The van der Waals surface area contributed by atoms with Crippen LogP contribution in [0, 0.1) is 0 Å². The van der Waals surface area contributed by atoms with Crippen LogP contribution in [-0.4, -0.2) is 43.2 Å². The zero-order valence-electron chi connectivity index (χ0n) is 25.5. The molecule has 46 heavy (non-hydrogen) atoms. The van der Waals surface area contributed by atoms with Crippen LogP contribution in [0.3, 0.4) is 0 Å². The van der Waals surface area contributed by atoms with E-state index in [1.54, 1.807) is 6.08 Å². The van der Waals surface area contributed by atoms with Gasteiger partial charge in [-0.1, -0.05) is 130 Å². The second-order valence-electron chi connectivity index (χ2n) is 11.0. The van der Waals surface area contributed by atoms with Crippen molar-refractivity contribution in [1.29, 1.82) is 0 Å². The van der Waals surface area contributed by atoms with Gasteiger partial charge >= 0.3 is 0 Å². The van der Waals surface area contributed by atoms with Crippen LogP contribution in [0.15, 0.2) is 138 Å². The number of hydrogen-bond acceptors (Lipinski definition) is 6. The lowest BCUT2D eigenvalue weighted by molar-refractivity contribution is -0.252. The summed E-state index contributed by atoms with van der Waals surface area (Å²) in [5.41, 5.74) is 13.8. The third-order valence-electron chi connectivity index (χ3n) is 7.77. The molecule has 0 aliphatic heterocycles. The standard InChI is InChI=1S/C37H38BrN3O5/c1-2-22-42-35-33(43-23-27-12-6-3-7-13-27)32(40-41-39)34(44-24-28-14-8-4-9-15-28)36(45-26-30-18-20-31(38)21-19-30)37(35)46-25-29-16-10-5-11-17-29/h2-21,32-37H,1,22-26H2/t32-,33-,34+,35+,36+,37-/m0/s1. The van der Waals surface area contributed by atoms with E-state index in [4.69, 9.17) is 23.7 Å². The fourth-order valence-electron chi connectivity index (χ4n) is 5.54. The van der Waals surface area contributed by atoms with Gasteiger partial charge in [-0.25, -0.2) is 0 Å². The van der Waals surface area contributed by atoms with E-state index in [0.29, 0.717) is 6.61 Å². The molecule has 0 unspecified atom stereocenters. The Balaban J connectivity index is 1.53. The Morgan fingerprint density at radius 2 is 0.935 bits per heavy atom. The molecule has 0 spiro atoms. The number of benzene rings is 4. The van der Waals surface area contributed by atoms with Gasteiger partial charge in [0.05, 0.1) is 51.3 Å². The van der Waals surface area contributed by atoms with Crippen molar-refractivity contribution in [3.8, 4) is 0 Å². The van der Waals surface area contributed by atoms with Crippen molar-refractivity contribution in [1.82, 2.24) is 0 Å². The number of nitrogens with zero attached hydrogens (tertiary/aromatic N) is 3. The molecule has 238 valence electrons. The molecule has 0 saturated heterocycles. The minimum Gasteiger partial charge on any atom is -0.370 e. The number of halogens is 1. The van der Waals surface area contributed by atoms with Gasteiger partial charge < -0.3 is 23.7 Å². The maximum atomic E-state index is 9.84. The summed E-state index contributed by atoms with van der Waals surface area (Å²) in [6, 6.07) is 36.8. The van der Waals surface area contributed by atoms with E-state index < -0.39 is 36.6 Å². The molecule has 0 heterocycles. The van der Waals surface area contributed by atoms with Gasteiger partial charge in [0, 0.05) is 9.38 Å². The van der Waals surface area contributed by atoms with Gasteiger partial charge in [-0.3, -0.25) is 0 Å². The number of hydrogen-bond donors (Lipinski definition) is 0. The molecule has 1 fully saturated rings. The van der Waals surface area contributed by atoms with E-state index in [9.17, 15) is 5.53 Å². The third-order valence-corrected chi connectivity index (χ3v) is 8.30. The topological polar surface area (TPSA) is 94.9 Å². The van der Waals surface area contributed by atoms with Crippen molar-refractivity contribution >= 4 is 15.9 Å². The molecule has 1 aliphatic rings. The normalized spacial score (nSPS) is 22.5. The molecule has 1 saturated carbocycles. The Labute approximate surface area is 278 Å². The van der Waals surface area contributed by atoms with Crippen LogP contribution < -0.4 is 0 Å². The van der Waals surface area contributed by atoms with Crippen molar-refractivity contribution in [3.05, 3.63) is 165 Å². The lowest BCUT2D eigenvalue weighted by Crippen LogP contribution is -2.66. The molecule has 9 heteroatoms. The minimum absolute atomic E-state index is 0.235. The fourth-order valence-corrected chi connectivity index (χ4v) is 5.80. The first-order valence-electron chi connectivity index (χ1n) is 15.3. The summed E-state index contributed by atoms with van der Waals surface area (Å²) < 4.78 is 34.0. The van der Waals surface area contributed by atoms with Crippen LogP contribution in [0.2, 0.25) is 0 Å². The molecule has 1 aliphatic carbocycles. The van der Waals surface area contributed by atoms with Gasteiger partial charge in [0.2, 0.25) is 0 Å². The Morgan fingerprint density at radius 3 is 1.35 bits per heavy atom. The molecule has 5 rings (SSSR count). The van der Waals surface area contributed by atoms with Crippen LogP contribution in [-0.2, 0) is 50.1 Å². The van der Waals surface area contributed by atoms with Gasteiger partial charge in [-0.15, -0.1) is 6.58 Å². The fraction of sp³-hybridized carbons (Fsp3) is 0.297. The van der Waals surface area contributed by atoms with Crippen LogP contribution in [0.25, 0.3) is 10.4 Å². The van der Waals surface area contributed by atoms with Crippen LogP contribution in [0.5, 0.6) is 0 Å². The third kappa shape index (κ3) is 9.37. The monoisotopic (exact) mass is 683 g/mol. The summed E-state index contributed by atoms with van der Waals surface area (Å²) in [5, 5.41) is 4.28. The second kappa shape index (κ2) is 17.8. The Hall–Kier alpha value is -3.79. The number of ether oxygens (including phenoxy) is 5. The molecule has 0 N–H and O–H groups in total. The molecule has 0 radical (unpaired) electrons. The molecule has 6 atom stereocenters. The Kier molecular flexibility index (Phi) is 13.0. The SMILES string of the molecule is C=CCO[C@H]1[C@H](OCc2ccccc2)[C@H](OCc2ccc(Br)cc2)[C@H](OCc2ccccc2)[C@@H](N=[N+]=[N-])[C@@H]1OCc1ccccc1. The molecule has 8 nitrogen and oxygen atoms in total. The predicted octanol–water partition coefficient (Wildman–Crippen LogP) is 8.35. The number of rotatable bonds is 16. The van der Waals surface area contributed by atoms with Gasteiger partial charge in [0.1, 0.15) is 18.3 Å². The lowest BCUT2D eigenvalue weighted by atomic mass is 9.82. The largest absolute Gasteiger partial charge is 0.370 e. The van der Waals surface area contributed by atoms with E-state index in [0.717, 1.165) is 26.7 Å². The molecule has 4 aromatic rings. The number of azide groups is 1. The average Bonchev–Trinajstić information content (AvgIpc) is 3.10. The first-order chi connectivity index (χ1) is 22.7. The summed E-state index contributed by atoms with van der Waals surface area (Å²) in [6.45, 7) is 5.24. The highest BCUT2D eigenvalue weighted by Crippen LogP contribution is 2.36. The highest BCUT2D eigenvalue weighted by atomic mass is 79.9. The van der Waals surface area contributed by atoms with Crippen molar-refractivity contribution in [2.45, 2.75) is 63.0 Å². The van der Waals surface area contributed by atoms with Crippen molar-refractivity contribution < 1.29 is 23.7 Å². The highest BCUT2D eigenvalue weighted by Gasteiger charge is 2.54. The summed E-state index contributed by atoms with van der Waals surface area (Å²) in [5.74, 6) is 0. The summed E-state index contributed by atoms with van der Waals surface area (Å²) in [6.07, 6.45) is -1.77. The van der Waals surface area contributed by atoms with Crippen molar-refractivity contribution in [2.24, 2.45) is 5.11 Å². The summed E-state index contributed by atoms with van der Waals surface area (Å²) in [4.78, 5) is 3.25. The molecular weight excluding hydrogens is 646 g/mol. The average molecular weight is 685 g/mol. The van der Waals surface area contributed by atoms with E-state index in [1.165, 1.54) is 0 Å². The first kappa shape index (κ1) is 33.6. The van der Waals surface area contributed by atoms with Crippen molar-refractivity contribution in [3.63, 3.8) is 0 Å². The lowest BCUT2D eigenvalue weighted by Gasteiger charge is -2.48. The van der Waals surface area contributed by atoms with Gasteiger partial charge in [0.25, 0.3) is 0 Å². The summed E-state index contributed by atoms with van der Waals surface area (Å²) in [7, 11) is 0. The van der Waals surface area contributed by atoms with Crippen LogP contribution >= 0.6 is 15.9 Å². The zero-order chi connectivity index (χ0) is 32.0. The van der Waals surface area contributed by atoms with Gasteiger partial charge in [-0.2, -0.15) is 0 Å². The molecule has 4 aromatic carbocycles. The Morgan fingerprint density at radius 1 is 0.565 bits per heavy atom. The Bertz CT molecular complexity index is 1520. The quantitative estimate of drug-likeness (QED) is 0.0512. The highest BCUT2D eigenvalue weighted by molar-refractivity contribution is 9.10. The molecular formula is C37H38BrN3O5. The zero-order valence-corrected chi connectivity index (χ0v) is 27.1. The van der Waals surface area contributed by atoms with E-state index in [-0.39, 0.29) is 26.4 Å². The predicted molar refractivity (Wildman–Crippen MR) is 181 cm³/mol. The van der Waals surface area contributed by atoms with E-state index in [2.05, 4.69) is 32.5 Å². The first-order valence-corrected chi connectivity index (χ1v) is 16.0. The molecule has 0 aromatic heterocycles.